The second kappa shape index (κ2) is 5.99. The van der Waals surface area contributed by atoms with Crippen molar-refractivity contribution in [3.63, 3.8) is 0 Å². The molecule has 2 aromatic carbocycles. The van der Waals surface area contributed by atoms with Gasteiger partial charge in [0.2, 0.25) is 0 Å². The van der Waals surface area contributed by atoms with E-state index in [0.717, 1.165) is 16.0 Å². The van der Waals surface area contributed by atoms with Crippen molar-refractivity contribution in [2.75, 3.05) is 16.7 Å². The summed E-state index contributed by atoms with van der Waals surface area (Å²) >= 11 is 1.49. The van der Waals surface area contributed by atoms with Crippen LogP contribution in [0.5, 0.6) is 0 Å². The average molecular weight is 322 g/mol. The molecule has 0 unspecified atom stereocenters. The van der Waals surface area contributed by atoms with Gasteiger partial charge in [-0.05, 0) is 55.5 Å². The van der Waals surface area contributed by atoms with Crippen molar-refractivity contribution in [3.8, 4) is 0 Å². The van der Waals surface area contributed by atoms with Gasteiger partial charge in [-0.25, -0.2) is 8.42 Å². The minimum absolute atomic E-state index is 0.180. The zero-order valence-electron chi connectivity index (χ0n) is 12.2. The molecule has 0 saturated heterocycles. The molecule has 0 radical (unpaired) electrons. The van der Waals surface area contributed by atoms with E-state index in [9.17, 15) is 8.42 Å². The van der Waals surface area contributed by atoms with Gasteiger partial charge < -0.3 is 5.73 Å². The minimum atomic E-state index is -3.65. The second-order valence-corrected chi connectivity index (χ2v) is 7.29. The Labute approximate surface area is 129 Å². The number of aryl methyl sites for hydroxylation is 1. The molecule has 0 aromatic heterocycles. The lowest BCUT2D eigenvalue weighted by Crippen LogP contribution is -2.14. The second-order valence-electron chi connectivity index (χ2n) is 4.76. The van der Waals surface area contributed by atoms with Gasteiger partial charge >= 0.3 is 0 Å². The van der Waals surface area contributed by atoms with E-state index in [2.05, 4.69) is 4.72 Å². The lowest BCUT2D eigenvalue weighted by molar-refractivity contribution is 0.601. The maximum absolute atomic E-state index is 12.5. The van der Waals surface area contributed by atoms with Gasteiger partial charge in [-0.3, -0.25) is 4.72 Å². The van der Waals surface area contributed by atoms with Crippen molar-refractivity contribution < 1.29 is 8.42 Å². The zero-order chi connectivity index (χ0) is 15.6. The number of rotatable bonds is 4. The molecule has 0 aliphatic heterocycles. The maximum Gasteiger partial charge on any atom is 0.262 e. The fourth-order valence-electron chi connectivity index (χ4n) is 1.94. The molecule has 4 nitrogen and oxygen atoms in total. The van der Waals surface area contributed by atoms with Crippen LogP contribution in [0, 0.1) is 13.8 Å². The first-order valence-corrected chi connectivity index (χ1v) is 9.08. The molecule has 0 amide bonds. The highest BCUT2D eigenvalue weighted by Gasteiger charge is 2.17. The number of hydrogen-bond acceptors (Lipinski definition) is 4. The van der Waals surface area contributed by atoms with Crippen molar-refractivity contribution in [2.45, 2.75) is 23.6 Å². The first-order valence-electron chi connectivity index (χ1n) is 6.37. The summed E-state index contributed by atoms with van der Waals surface area (Å²) in [5.41, 5.74) is 8.68. The van der Waals surface area contributed by atoms with Crippen molar-refractivity contribution in [1.82, 2.24) is 0 Å². The van der Waals surface area contributed by atoms with Gasteiger partial charge in [0, 0.05) is 10.6 Å². The zero-order valence-corrected chi connectivity index (χ0v) is 13.8. The van der Waals surface area contributed by atoms with Gasteiger partial charge in [0.15, 0.2) is 0 Å². The highest BCUT2D eigenvalue weighted by molar-refractivity contribution is 7.99. The third-order valence-electron chi connectivity index (χ3n) is 3.34. The van der Waals surface area contributed by atoms with E-state index in [4.69, 9.17) is 5.73 Å². The lowest BCUT2D eigenvalue weighted by atomic mass is 10.1. The topological polar surface area (TPSA) is 72.2 Å². The van der Waals surface area contributed by atoms with Crippen LogP contribution in [0.2, 0.25) is 0 Å². The number of nitrogen functional groups attached to an aromatic ring is 1. The number of benzene rings is 2. The first-order chi connectivity index (χ1) is 9.85. The summed E-state index contributed by atoms with van der Waals surface area (Å²) in [7, 11) is -3.65. The summed E-state index contributed by atoms with van der Waals surface area (Å²) in [6.45, 7) is 3.72. The van der Waals surface area contributed by atoms with E-state index in [1.807, 2.05) is 32.2 Å². The molecule has 0 aliphatic rings. The number of thioether (sulfide) groups is 1. The molecule has 0 atom stereocenters. The summed E-state index contributed by atoms with van der Waals surface area (Å²) in [5, 5.41) is 0. The molecule has 21 heavy (non-hydrogen) atoms. The Morgan fingerprint density at radius 3 is 2.43 bits per heavy atom. The summed E-state index contributed by atoms with van der Waals surface area (Å²) in [5.74, 6) is 0. The van der Waals surface area contributed by atoms with Gasteiger partial charge in [-0.2, -0.15) is 0 Å². The van der Waals surface area contributed by atoms with Gasteiger partial charge in [-0.1, -0.05) is 12.1 Å². The van der Waals surface area contributed by atoms with Crippen molar-refractivity contribution >= 4 is 33.2 Å². The monoisotopic (exact) mass is 322 g/mol. The van der Waals surface area contributed by atoms with E-state index < -0.39 is 10.0 Å². The summed E-state index contributed by atoms with van der Waals surface area (Å²) in [4.78, 5) is 1.05. The predicted molar refractivity (Wildman–Crippen MR) is 89.4 cm³/mol. The third kappa shape index (κ3) is 3.33. The van der Waals surface area contributed by atoms with Crippen LogP contribution in [0.3, 0.4) is 0 Å². The summed E-state index contributed by atoms with van der Waals surface area (Å²) in [6.07, 6.45) is 1.90. The highest BCUT2D eigenvalue weighted by atomic mass is 32.2. The number of hydrogen-bond donors (Lipinski definition) is 2. The molecule has 0 bridgehead atoms. The summed E-state index contributed by atoms with van der Waals surface area (Å²) in [6, 6.07) is 10.4. The number of nitrogens with one attached hydrogen (secondary N) is 1. The molecule has 6 heteroatoms. The van der Waals surface area contributed by atoms with Crippen LogP contribution in [0.15, 0.2) is 46.2 Å². The number of nitrogens with two attached hydrogens (primary N) is 1. The van der Waals surface area contributed by atoms with E-state index >= 15 is 0 Å². The smallest absolute Gasteiger partial charge is 0.262 e. The highest BCUT2D eigenvalue weighted by Crippen LogP contribution is 2.28. The van der Waals surface area contributed by atoms with Crippen LogP contribution in [0.1, 0.15) is 11.1 Å². The Kier molecular flexibility index (Phi) is 4.49. The van der Waals surface area contributed by atoms with Crippen LogP contribution in [0.25, 0.3) is 0 Å². The normalized spacial score (nSPS) is 11.4. The molecule has 0 aliphatic carbocycles. The number of sulfonamides is 1. The summed E-state index contributed by atoms with van der Waals surface area (Å²) < 4.78 is 27.6. The van der Waals surface area contributed by atoms with Crippen molar-refractivity contribution in [1.29, 1.82) is 0 Å². The fourth-order valence-corrected chi connectivity index (χ4v) is 3.76. The van der Waals surface area contributed by atoms with Crippen LogP contribution < -0.4 is 10.5 Å². The van der Waals surface area contributed by atoms with Crippen LogP contribution in [0.4, 0.5) is 11.4 Å². The SMILES string of the molecule is CSc1ccccc1NS(=O)(=O)c1cc(C)c(C)c(N)c1. The predicted octanol–water partition coefficient (Wildman–Crippen LogP) is 3.41. The van der Waals surface area contributed by atoms with Crippen LogP contribution >= 0.6 is 11.8 Å². The Bertz CT molecular complexity index is 748. The van der Waals surface area contributed by atoms with Crippen molar-refractivity contribution in [2.24, 2.45) is 0 Å². The standard InChI is InChI=1S/C15H18N2O2S2/c1-10-8-12(9-13(16)11(10)2)21(18,19)17-14-6-4-5-7-15(14)20-3/h4-9,17H,16H2,1-3H3. The molecule has 0 fully saturated rings. The molecule has 0 spiro atoms. The first kappa shape index (κ1) is 15.7. The molecular weight excluding hydrogens is 304 g/mol. The Morgan fingerprint density at radius 2 is 1.81 bits per heavy atom. The number of para-hydroxylation sites is 1. The van der Waals surface area contributed by atoms with Gasteiger partial charge in [-0.15, -0.1) is 11.8 Å². The van der Waals surface area contributed by atoms with Crippen LogP contribution in [-0.4, -0.2) is 14.7 Å². The minimum Gasteiger partial charge on any atom is -0.398 e. The molecule has 0 heterocycles. The molecule has 112 valence electrons. The largest absolute Gasteiger partial charge is 0.398 e. The van der Waals surface area contributed by atoms with Gasteiger partial charge in [0.25, 0.3) is 10.0 Å². The van der Waals surface area contributed by atoms with E-state index in [1.165, 1.54) is 17.8 Å². The fraction of sp³-hybridized carbons (Fsp3) is 0.200. The Hall–Kier alpha value is -1.66. The van der Waals surface area contributed by atoms with Gasteiger partial charge in [0.1, 0.15) is 0 Å². The van der Waals surface area contributed by atoms with E-state index in [-0.39, 0.29) is 4.90 Å². The maximum atomic E-state index is 12.5. The van der Waals surface area contributed by atoms with Crippen molar-refractivity contribution in [3.05, 3.63) is 47.5 Å². The Morgan fingerprint density at radius 1 is 1.14 bits per heavy atom. The van der Waals surface area contributed by atoms with Gasteiger partial charge in [0.05, 0.1) is 10.6 Å². The third-order valence-corrected chi connectivity index (χ3v) is 5.48. The molecular formula is C15H18N2O2S2. The average Bonchev–Trinajstić information content (AvgIpc) is 2.44. The Balaban J connectivity index is 2.44. The molecule has 3 N–H and O–H groups in total. The van der Waals surface area contributed by atoms with Crippen LogP contribution in [-0.2, 0) is 10.0 Å². The molecule has 2 rings (SSSR count). The van der Waals surface area contributed by atoms with E-state index in [1.54, 1.807) is 18.2 Å². The lowest BCUT2D eigenvalue weighted by Gasteiger charge is -2.13. The number of anilines is 2. The quantitative estimate of drug-likeness (QED) is 0.668. The molecule has 2 aromatic rings. The molecule has 0 saturated carbocycles. The van der Waals surface area contributed by atoms with E-state index in [0.29, 0.717) is 11.4 Å².